The summed E-state index contributed by atoms with van der Waals surface area (Å²) in [6.45, 7) is 0.881. The van der Waals surface area contributed by atoms with Crippen LogP contribution < -0.4 is 11.1 Å². The van der Waals surface area contributed by atoms with Gasteiger partial charge in [-0.3, -0.25) is 4.79 Å². The Balaban J connectivity index is 1.99. The number of nitrogens with one attached hydrogen (secondary N) is 2. The topological polar surface area (TPSA) is 70.9 Å². The van der Waals surface area contributed by atoms with Crippen molar-refractivity contribution < 1.29 is 9.18 Å². The Bertz CT molecular complexity index is 550. The number of carbonyl (C=O) groups excluding carboxylic acids is 1. The second kappa shape index (κ2) is 5.64. The van der Waals surface area contributed by atoms with Gasteiger partial charge in [-0.25, -0.2) is 4.39 Å². The van der Waals surface area contributed by atoms with Crippen molar-refractivity contribution in [3.05, 3.63) is 35.8 Å². The first-order valence-corrected chi connectivity index (χ1v) is 5.93. The van der Waals surface area contributed by atoms with E-state index in [1.807, 2.05) is 6.20 Å². The Kier molecular flexibility index (Phi) is 3.94. The van der Waals surface area contributed by atoms with Crippen molar-refractivity contribution >= 4 is 16.8 Å². The van der Waals surface area contributed by atoms with Gasteiger partial charge in [0.2, 0.25) is 5.91 Å². The molecule has 0 atom stereocenters. The fourth-order valence-corrected chi connectivity index (χ4v) is 1.91. The molecule has 18 heavy (non-hydrogen) atoms. The highest BCUT2D eigenvalue weighted by Crippen LogP contribution is 2.19. The zero-order valence-electron chi connectivity index (χ0n) is 10.0. The van der Waals surface area contributed by atoms with E-state index < -0.39 is 0 Å². The van der Waals surface area contributed by atoms with E-state index in [9.17, 15) is 9.18 Å². The lowest BCUT2D eigenvalue weighted by atomic mass is 10.1. The van der Waals surface area contributed by atoms with Gasteiger partial charge >= 0.3 is 0 Å². The minimum absolute atomic E-state index is 0.0523. The normalized spacial score (nSPS) is 10.8. The molecule has 0 aliphatic heterocycles. The molecule has 2 aromatic rings. The molecule has 1 aromatic heterocycles. The van der Waals surface area contributed by atoms with E-state index in [4.69, 9.17) is 5.73 Å². The number of amides is 1. The quantitative estimate of drug-likeness (QED) is 0.747. The molecule has 96 valence electrons. The van der Waals surface area contributed by atoms with Gasteiger partial charge in [0.25, 0.3) is 0 Å². The third kappa shape index (κ3) is 2.87. The second-order valence-corrected chi connectivity index (χ2v) is 4.14. The van der Waals surface area contributed by atoms with Crippen molar-refractivity contribution in [3.63, 3.8) is 0 Å². The van der Waals surface area contributed by atoms with Crippen molar-refractivity contribution in [1.29, 1.82) is 0 Å². The van der Waals surface area contributed by atoms with Crippen LogP contribution in [0.3, 0.4) is 0 Å². The second-order valence-electron chi connectivity index (χ2n) is 4.14. The minimum atomic E-state index is -0.254. The fourth-order valence-electron chi connectivity index (χ4n) is 1.91. The molecule has 1 amide bonds. The van der Waals surface area contributed by atoms with Gasteiger partial charge in [0.1, 0.15) is 5.82 Å². The third-order valence-corrected chi connectivity index (χ3v) is 2.82. The van der Waals surface area contributed by atoms with Gasteiger partial charge in [-0.1, -0.05) is 0 Å². The zero-order valence-corrected chi connectivity index (χ0v) is 10.0. The summed E-state index contributed by atoms with van der Waals surface area (Å²) >= 11 is 0. The van der Waals surface area contributed by atoms with Gasteiger partial charge in [-0.15, -0.1) is 0 Å². The molecular formula is C13H16FN3O. The van der Waals surface area contributed by atoms with Crippen LogP contribution in [0.4, 0.5) is 4.39 Å². The number of fused-ring (bicyclic) bond motifs is 1. The van der Waals surface area contributed by atoms with Crippen LogP contribution in [0.5, 0.6) is 0 Å². The monoisotopic (exact) mass is 249 g/mol. The van der Waals surface area contributed by atoms with E-state index in [1.165, 1.54) is 12.1 Å². The average Bonchev–Trinajstić information content (AvgIpc) is 2.72. The van der Waals surface area contributed by atoms with Crippen LogP contribution in [0, 0.1) is 5.82 Å². The summed E-state index contributed by atoms with van der Waals surface area (Å²) in [6.07, 6.45) is 2.85. The number of H-pyrrole nitrogens is 1. The molecule has 0 unspecified atom stereocenters. The molecule has 4 nitrogen and oxygen atoms in total. The summed E-state index contributed by atoms with van der Waals surface area (Å²) < 4.78 is 13.1. The van der Waals surface area contributed by atoms with E-state index in [0.29, 0.717) is 25.9 Å². The standard InChI is InChI=1S/C13H16FN3O/c14-10-1-2-12-11(7-10)9(8-17-12)4-6-16-13(18)3-5-15/h1-2,7-8,17H,3-6,15H2,(H,16,18). The van der Waals surface area contributed by atoms with Gasteiger partial charge in [0, 0.05) is 36.6 Å². The Hall–Kier alpha value is -1.88. The number of nitrogens with two attached hydrogens (primary N) is 1. The van der Waals surface area contributed by atoms with E-state index >= 15 is 0 Å². The number of benzene rings is 1. The average molecular weight is 249 g/mol. The van der Waals surface area contributed by atoms with Crippen molar-refractivity contribution in [2.45, 2.75) is 12.8 Å². The third-order valence-electron chi connectivity index (χ3n) is 2.82. The highest BCUT2D eigenvalue weighted by Gasteiger charge is 2.05. The molecule has 4 N–H and O–H groups in total. The Morgan fingerprint density at radius 1 is 1.44 bits per heavy atom. The van der Waals surface area contributed by atoms with E-state index in [-0.39, 0.29) is 11.7 Å². The number of halogens is 1. The summed E-state index contributed by atoms with van der Waals surface area (Å²) in [5, 5.41) is 3.64. The van der Waals surface area contributed by atoms with Crippen LogP contribution in [0.15, 0.2) is 24.4 Å². The van der Waals surface area contributed by atoms with E-state index in [2.05, 4.69) is 10.3 Å². The number of aromatic amines is 1. The maximum Gasteiger partial charge on any atom is 0.221 e. The van der Waals surface area contributed by atoms with Crippen LogP contribution in [0.1, 0.15) is 12.0 Å². The van der Waals surface area contributed by atoms with Gasteiger partial charge < -0.3 is 16.0 Å². The summed E-state index contributed by atoms with van der Waals surface area (Å²) in [6, 6.07) is 4.63. The smallest absolute Gasteiger partial charge is 0.221 e. The molecular weight excluding hydrogens is 233 g/mol. The fraction of sp³-hybridized carbons (Fsp3) is 0.308. The van der Waals surface area contributed by atoms with Crippen LogP contribution in [-0.2, 0) is 11.2 Å². The molecule has 0 fully saturated rings. The number of hydrogen-bond acceptors (Lipinski definition) is 2. The highest BCUT2D eigenvalue weighted by molar-refractivity contribution is 5.83. The number of carbonyl (C=O) groups is 1. The summed E-state index contributed by atoms with van der Waals surface area (Å²) in [5.74, 6) is -0.306. The van der Waals surface area contributed by atoms with Gasteiger partial charge in [-0.2, -0.15) is 0 Å². The molecule has 5 heteroatoms. The van der Waals surface area contributed by atoms with Crippen LogP contribution in [0.2, 0.25) is 0 Å². The van der Waals surface area contributed by atoms with E-state index in [1.54, 1.807) is 6.07 Å². The molecule has 0 spiro atoms. The predicted molar refractivity (Wildman–Crippen MR) is 68.6 cm³/mol. The van der Waals surface area contributed by atoms with Crippen molar-refractivity contribution in [2.75, 3.05) is 13.1 Å². The first-order valence-electron chi connectivity index (χ1n) is 5.93. The van der Waals surface area contributed by atoms with Gasteiger partial charge in [0.15, 0.2) is 0 Å². The minimum Gasteiger partial charge on any atom is -0.361 e. The maximum absolute atomic E-state index is 13.1. The maximum atomic E-state index is 13.1. The number of aromatic nitrogens is 1. The first kappa shape index (κ1) is 12.6. The molecule has 0 saturated heterocycles. The van der Waals surface area contributed by atoms with Crippen LogP contribution in [0.25, 0.3) is 10.9 Å². The number of hydrogen-bond donors (Lipinski definition) is 3. The molecule has 2 rings (SSSR count). The lowest BCUT2D eigenvalue weighted by Crippen LogP contribution is -2.27. The predicted octanol–water partition coefficient (Wildman–Crippen LogP) is 1.31. The molecule has 0 aliphatic rings. The van der Waals surface area contributed by atoms with Crippen molar-refractivity contribution in [2.24, 2.45) is 5.73 Å². The molecule has 0 saturated carbocycles. The van der Waals surface area contributed by atoms with Crippen LogP contribution >= 0.6 is 0 Å². The van der Waals surface area contributed by atoms with Crippen molar-refractivity contribution in [3.8, 4) is 0 Å². The summed E-state index contributed by atoms with van der Waals surface area (Å²) in [4.78, 5) is 14.3. The van der Waals surface area contributed by atoms with Crippen LogP contribution in [-0.4, -0.2) is 24.0 Å². The molecule has 0 aliphatic carbocycles. The summed E-state index contributed by atoms with van der Waals surface area (Å²) in [7, 11) is 0. The highest BCUT2D eigenvalue weighted by atomic mass is 19.1. The Morgan fingerprint density at radius 3 is 3.06 bits per heavy atom. The Morgan fingerprint density at radius 2 is 2.28 bits per heavy atom. The SMILES string of the molecule is NCCC(=O)NCCc1c[nH]c2ccc(F)cc12. The molecule has 0 bridgehead atoms. The van der Waals surface area contributed by atoms with E-state index in [0.717, 1.165) is 16.5 Å². The van der Waals surface area contributed by atoms with Gasteiger partial charge in [-0.05, 0) is 30.2 Å². The molecule has 1 aromatic carbocycles. The summed E-state index contributed by atoms with van der Waals surface area (Å²) in [5.41, 5.74) is 7.18. The lowest BCUT2D eigenvalue weighted by molar-refractivity contribution is -0.120. The molecule has 1 heterocycles. The number of rotatable bonds is 5. The largest absolute Gasteiger partial charge is 0.361 e. The van der Waals surface area contributed by atoms with Crippen molar-refractivity contribution in [1.82, 2.24) is 10.3 Å². The first-order chi connectivity index (χ1) is 8.70. The van der Waals surface area contributed by atoms with Gasteiger partial charge in [0.05, 0.1) is 0 Å². The lowest BCUT2D eigenvalue weighted by Gasteiger charge is -2.03. The zero-order chi connectivity index (χ0) is 13.0. The molecule has 0 radical (unpaired) electrons. The Labute approximate surface area is 104 Å².